The lowest BCUT2D eigenvalue weighted by Crippen LogP contribution is -2.35. The van der Waals surface area contributed by atoms with Gasteiger partial charge in [0.1, 0.15) is 6.04 Å². The highest BCUT2D eigenvalue weighted by atomic mass is 16.5. The van der Waals surface area contributed by atoms with Gasteiger partial charge in [0.25, 0.3) is 0 Å². The van der Waals surface area contributed by atoms with Crippen LogP contribution < -0.4 is 5.32 Å². The molecule has 74 valence electrons. The van der Waals surface area contributed by atoms with Gasteiger partial charge in [0.15, 0.2) is 0 Å². The molecule has 2 rings (SSSR count). The van der Waals surface area contributed by atoms with E-state index in [1.165, 1.54) is 12.8 Å². The standard InChI is InChI=1S/C10H17NO2/c1-3-10-5-7(9(12)13-4-2)11-8(10)6-10/h7-8,11H,3-6H2,1-2H3. The van der Waals surface area contributed by atoms with Crippen molar-refractivity contribution in [3.05, 3.63) is 0 Å². The molecule has 0 radical (unpaired) electrons. The van der Waals surface area contributed by atoms with Crippen LogP contribution in [0.5, 0.6) is 0 Å². The summed E-state index contributed by atoms with van der Waals surface area (Å²) in [5.74, 6) is -0.0671. The Labute approximate surface area is 78.8 Å². The summed E-state index contributed by atoms with van der Waals surface area (Å²) < 4.78 is 4.98. The lowest BCUT2D eigenvalue weighted by atomic mass is 9.97. The van der Waals surface area contributed by atoms with Gasteiger partial charge >= 0.3 is 5.97 Å². The van der Waals surface area contributed by atoms with E-state index in [9.17, 15) is 4.79 Å². The molecule has 0 amide bonds. The molecule has 3 heteroatoms. The maximum Gasteiger partial charge on any atom is 0.323 e. The summed E-state index contributed by atoms with van der Waals surface area (Å²) in [6, 6.07) is 0.561. The van der Waals surface area contributed by atoms with Crippen molar-refractivity contribution in [2.24, 2.45) is 5.41 Å². The van der Waals surface area contributed by atoms with Gasteiger partial charge in [-0.25, -0.2) is 0 Å². The van der Waals surface area contributed by atoms with Gasteiger partial charge < -0.3 is 10.1 Å². The van der Waals surface area contributed by atoms with Crippen LogP contribution in [0, 0.1) is 5.41 Å². The van der Waals surface area contributed by atoms with E-state index >= 15 is 0 Å². The Bertz CT molecular complexity index is 225. The topological polar surface area (TPSA) is 38.3 Å². The Balaban J connectivity index is 1.89. The first-order valence-corrected chi connectivity index (χ1v) is 5.14. The van der Waals surface area contributed by atoms with E-state index in [-0.39, 0.29) is 12.0 Å². The van der Waals surface area contributed by atoms with Crippen LogP contribution in [0.25, 0.3) is 0 Å². The second-order valence-corrected chi connectivity index (χ2v) is 4.15. The molecule has 0 spiro atoms. The average molecular weight is 183 g/mol. The molecule has 3 unspecified atom stereocenters. The molecule has 1 saturated heterocycles. The molecular formula is C10H17NO2. The molecule has 3 nitrogen and oxygen atoms in total. The third kappa shape index (κ3) is 1.35. The fourth-order valence-corrected chi connectivity index (χ4v) is 2.45. The van der Waals surface area contributed by atoms with Crippen LogP contribution in [0.2, 0.25) is 0 Å². The number of carbonyl (C=O) groups excluding carboxylic acids is 1. The predicted molar refractivity (Wildman–Crippen MR) is 49.3 cm³/mol. The van der Waals surface area contributed by atoms with Gasteiger partial charge in [-0.1, -0.05) is 6.92 Å². The maximum absolute atomic E-state index is 11.4. The van der Waals surface area contributed by atoms with Crippen LogP contribution in [0.1, 0.15) is 33.1 Å². The third-order valence-corrected chi connectivity index (χ3v) is 3.48. The zero-order chi connectivity index (χ0) is 9.47. The van der Waals surface area contributed by atoms with E-state index in [0.29, 0.717) is 18.1 Å². The minimum atomic E-state index is -0.0671. The number of hydrogen-bond acceptors (Lipinski definition) is 3. The predicted octanol–water partition coefficient (Wildman–Crippen LogP) is 1.08. The van der Waals surface area contributed by atoms with Crippen molar-refractivity contribution in [1.29, 1.82) is 0 Å². The second-order valence-electron chi connectivity index (χ2n) is 4.15. The first-order valence-electron chi connectivity index (χ1n) is 5.14. The SMILES string of the molecule is CCOC(=O)C1CC2(CC)CC2N1. The fourth-order valence-electron chi connectivity index (χ4n) is 2.45. The summed E-state index contributed by atoms with van der Waals surface area (Å²) in [6.07, 6.45) is 3.41. The minimum absolute atomic E-state index is 0.0290. The highest BCUT2D eigenvalue weighted by Gasteiger charge is 2.60. The largest absolute Gasteiger partial charge is 0.465 e. The molecule has 2 aliphatic rings. The van der Waals surface area contributed by atoms with Crippen molar-refractivity contribution in [3.63, 3.8) is 0 Å². The van der Waals surface area contributed by atoms with Crippen LogP contribution in [0.4, 0.5) is 0 Å². The maximum atomic E-state index is 11.4. The van der Waals surface area contributed by atoms with Crippen LogP contribution >= 0.6 is 0 Å². The van der Waals surface area contributed by atoms with Crippen LogP contribution in [0.15, 0.2) is 0 Å². The summed E-state index contributed by atoms with van der Waals surface area (Å²) in [7, 11) is 0. The monoisotopic (exact) mass is 183 g/mol. The van der Waals surface area contributed by atoms with Gasteiger partial charge in [0.2, 0.25) is 0 Å². The Morgan fingerprint density at radius 1 is 1.54 bits per heavy atom. The average Bonchev–Trinajstić information content (AvgIpc) is 2.70. The molecule has 3 atom stereocenters. The Morgan fingerprint density at radius 2 is 2.31 bits per heavy atom. The van der Waals surface area contributed by atoms with Gasteiger partial charge in [0, 0.05) is 6.04 Å². The van der Waals surface area contributed by atoms with Crippen molar-refractivity contribution < 1.29 is 9.53 Å². The molecule has 1 aliphatic heterocycles. The van der Waals surface area contributed by atoms with Gasteiger partial charge in [-0.3, -0.25) is 4.79 Å². The summed E-state index contributed by atoms with van der Waals surface area (Å²) in [5, 5.41) is 3.33. The van der Waals surface area contributed by atoms with Crippen molar-refractivity contribution in [3.8, 4) is 0 Å². The number of piperidine rings is 1. The van der Waals surface area contributed by atoms with Crippen molar-refractivity contribution >= 4 is 5.97 Å². The van der Waals surface area contributed by atoms with Crippen molar-refractivity contribution in [2.75, 3.05) is 6.61 Å². The normalized spacial score (nSPS) is 41.4. The first kappa shape index (κ1) is 9.00. The summed E-state index contributed by atoms with van der Waals surface area (Å²) in [5.41, 5.74) is 0.442. The number of carbonyl (C=O) groups is 1. The zero-order valence-electron chi connectivity index (χ0n) is 8.30. The molecule has 0 aromatic heterocycles. The van der Waals surface area contributed by atoms with Crippen molar-refractivity contribution in [1.82, 2.24) is 5.32 Å². The summed E-state index contributed by atoms with van der Waals surface area (Å²) >= 11 is 0. The lowest BCUT2D eigenvalue weighted by Gasteiger charge is -2.13. The van der Waals surface area contributed by atoms with E-state index in [1.807, 2.05) is 6.92 Å². The number of rotatable bonds is 3. The Kier molecular flexibility index (Phi) is 2.06. The van der Waals surface area contributed by atoms with E-state index in [2.05, 4.69) is 12.2 Å². The molecule has 1 aliphatic carbocycles. The van der Waals surface area contributed by atoms with E-state index in [1.54, 1.807) is 0 Å². The van der Waals surface area contributed by atoms with Gasteiger partial charge in [-0.2, -0.15) is 0 Å². The van der Waals surface area contributed by atoms with Crippen LogP contribution in [0.3, 0.4) is 0 Å². The zero-order valence-corrected chi connectivity index (χ0v) is 8.30. The number of fused-ring (bicyclic) bond motifs is 1. The van der Waals surface area contributed by atoms with Gasteiger partial charge in [0.05, 0.1) is 6.61 Å². The lowest BCUT2D eigenvalue weighted by molar-refractivity contribution is -0.145. The molecule has 1 N–H and O–H groups in total. The molecular weight excluding hydrogens is 166 g/mol. The highest BCUT2D eigenvalue weighted by molar-refractivity contribution is 5.76. The van der Waals surface area contributed by atoms with Gasteiger partial charge in [-0.05, 0) is 31.6 Å². The first-order chi connectivity index (χ1) is 6.22. The molecule has 0 aromatic rings. The molecule has 13 heavy (non-hydrogen) atoms. The number of esters is 1. The molecule has 1 saturated carbocycles. The molecule has 0 bridgehead atoms. The summed E-state index contributed by atoms with van der Waals surface area (Å²) in [6.45, 7) is 4.54. The van der Waals surface area contributed by atoms with Crippen LogP contribution in [-0.2, 0) is 9.53 Å². The smallest absolute Gasteiger partial charge is 0.323 e. The molecule has 2 fully saturated rings. The van der Waals surface area contributed by atoms with E-state index in [0.717, 1.165) is 6.42 Å². The van der Waals surface area contributed by atoms with Crippen molar-refractivity contribution in [2.45, 2.75) is 45.2 Å². The quantitative estimate of drug-likeness (QED) is 0.665. The van der Waals surface area contributed by atoms with Crippen LogP contribution in [-0.4, -0.2) is 24.7 Å². The van der Waals surface area contributed by atoms with E-state index < -0.39 is 0 Å². The highest BCUT2D eigenvalue weighted by Crippen LogP contribution is 2.56. The number of hydrogen-bond donors (Lipinski definition) is 1. The molecule has 0 aromatic carbocycles. The van der Waals surface area contributed by atoms with E-state index in [4.69, 9.17) is 4.74 Å². The number of ether oxygens (including phenoxy) is 1. The van der Waals surface area contributed by atoms with Gasteiger partial charge in [-0.15, -0.1) is 0 Å². The third-order valence-electron chi connectivity index (χ3n) is 3.48. The Morgan fingerprint density at radius 3 is 2.85 bits per heavy atom. The fraction of sp³-hybridized carbons (Fsp3) is 0.900. The second kappa shape index (κ2) is 2.98. The molecule has 1 heterocycles. The minimum Gasteiger partial charge on any atom is -0.465 e. The Hall–Kier alpha value is -0.570. The summed E-state index contributed by atoms with van der Waals surface area (Å²) in [4.78, 5) is 11.4. The number of nitrogens with one attached hydrogen (secondary N) is 1.